The first kappa shape index (κ1) is 32.7. The topological polar surface area (TPSA) is 147 Å². The number of nitrogens with zero attached hydrogens (tertiary/aromatic N) is 5. The van der Waals surface area contributed by atoms with Crippen molar-refractivity contribution >= 4 is 29.5 Å². The molecule has 0 unspecified atom stereocenters. The van der Waals surface area contributed by atoms with Gasteiger partial charge in [0, 0.05) is 31.1 Å². The van der Waals surface area contributed by atoms with Crippen molar-refractivity contribution in [2.45, 2.75) is 51.7 Å². The molecule has 4 aromatic rings. The maximum Gasteiger partial charge on any atom is 0.272 e. The minimum atomic E-state index is -0.713. The summed E-state index contributed by atoms with van der Waals surface area (Å²) in [6.07, 6.45) is 2.93. The van der Waals surface area contributed by atoms with Gasteiger partial charge in [-0.1, -0.05) is 62.4 Å². The van der Waals surface area contributed by atoms with Gasteiger partial charge < -0.3 is 15.5 Å². The number of thioether (sulfide) groups is 1. The monoisotopic (exact) mass is 644 g/mol. The number of carbonyl (C=O) groups is 3. The second-order valence-corrected chi connectivity index (χ2v) is 12.6. The Morgan fingerprint density at radius 2 is 1.70 bits per heavy atom. The van der Waals surface area contributed by atoms with Crippen LogP contribution in [0, 0.1) is 5.92 Å². The largest absolute Gasteiger partial charge is 0.344 e. The fraction of sp³-hybridized carbons (Fsp3) is 0.394. The summed E-state index contributed by atoms with van der Waals surface area (Å²) in [5, 5.41) is 13.8. The van der Waals surface area contributed by atoms with Crippen LogP contribution in [-0.2, 0) is 16.1 Å². The summed E-state index contributed by atoms with van der Waals surface area (Å²) in [5.74, 6) is 0.820. The Morgan fingerprint density at radius 1 is 0.978 bits per heavy atom. The number of carbonyl (C=O) groups excluding carboxylic acids is 3. The van der Waals surface area contributed by atoms with Crippen LogP contribution in [0.4, 0.5) is 0 Å². The molecule has 0 saturated heterocycles. The number of amides is 3. The number of aromatic amines is 1. The molecule has 12 nitrogen and oxygen atoms in total. The third-order valence-electron chi connectivity index (χ3n) is 7.90. The molecule has 1 aliphatic heterocycles. The molecular formula is C33H40N8O4S. The van der Waals surface area contributed by atoms with Gasteiger partial charge in [-0.25, -0.2) is 14.3 Å². The lowest BCUT2D eigenvalue weighted by atomic mass is 10.0. The van der Waals surface area contributed by atoms with Gasteiger partial charge in [-0.3, -0.25) is 24.3 Å². The first-order chi connectivity index (χ1) is 22.2. The Kier molecular flexibility index (Phi) is 10.7. The van der Waals surface area contributed by atoms with Crippen LogP contribution in [-0.4, -0.2) is 78.3 Å². The van der Waals surface area contributed by atoms with Crippen molar-refractivity contribution in [2.75, 3.05) is 25.1 Å². The van der Waals surface area contributed by atoms with Crippen LogP contribution in [0.3, 0.4) is 0 Å². The van der Waals surface area contributed by atoms with Crippen LogP contribution < -0.4 is 16.2 Å². The fourth-order valence-electron chi connectivity index (χ4n) is 5.42. The molecule has 0 aliphatic carbocycles. The summed E-state index contributed by atoms with van der Waals surface area (Å²) in [4.78, 5) is 59.8. The molecule has 0 bridgehead atoms. The minimum absolute atomic E-state index is 0.0547. The fourth-order valence-corrected chi connectivity index (χ4v) is 5.89. The number of hydrogen-bond acceptors (Lipinski definition) is 7. The van der Waals surface area contributed by atoms with Crippen LogP contribution in [0.5, 0.6) is 0 Å². The van der Waals surface area contributed by atoms with Crippen LogP contribution in [0.2, 0.25) is 0 Å². The van der Waals surface area contributed by atoms with E-state index in [1.807, 2.05) is 68.6 Å². The van der Waals surface area contributed by atoms with Crippen molar-refractivity contribution in [1.82, 2.24) is 40.1 Å². The normalized spacial score (nSPS) is 18.0. The van der Waals surface area contributed by atoms with Crippen molar-refractivity contribution in [1.29, 1.82) is 0 Å². The van der Waals surface area contributed by atoms with Gasteiger partial charge in [-0.05, 0) is 42.9 Å². The lowest BCUT2D eigenvalue weighted by molar-refractivity contribution is -0.129. The number of rotatable bonds is 7. The van der Waals surface area contributed by atoms with Gasteiger partial charge in [-0.15, -0.1) is 0 Å². The van der Waals surface area contributed by atoms with E-state index < -0.39 is 12.1 Å². The van der Waals surface area contributed by atoms with E-state index >= 15 is 0 Å². The van der Waals surface area contributed by atoms with E-state index in [0.717, 1.165) is 5.56 Å². The van der Waals surface area contributed by atoms with E-state index in [2.05, 4.69) is 15.7 Å². The Balaban J connectivity index is 1.51. The SMILES string of the molecule is CSCC[C@@H]1NC(=O)CCCN(C(=O)c2cc(=O)n(-c3ccccc3)[nH]2)CCn2nc(-c3ccccc3)nc2[C@@H](C(C)C)NC1=O. The van der Waals surface area contributed by atoms with Crippen molar-refractivity contribution in [3.8, 4) is 17.1 Å². The first-order valence-corrected chi connectivity index (χ1v) is 16.9. The molecule has 0 spiro atoms. The molecule has 13 heteroatoms. The molecule has 2 atom stereocenters. The van der Waals surface area contributed by atoms with E-state index in [1.54, 1.807) is 33.5 Å². The number of benzene rings is 2. The quantitative estimate of drug-likeness (QED) is 0.279. The number of nitrogens with one attached hydrogen (secondary N) is 3. The second-order valence-electron chi connectivity index (χ2n) is 11.6. The molecule has 2 aromatic heterocycles. The van der Waals surface area contributed by atoms with Crippen LogP contribution >= 0.6 is 11.8 Å². The van der Waals surface area contributed by atoms with Gasteiger partial charge in [0.2, 0.25) is 11.8 Å². The van der Waals surface area contributed by atoms with Crippen molar-refractivity contribution in [2.24, 2.45) is 5.92 Å². The van der Waals surface area contributed by atoms with Crippen molar-refractivity contribution in [3.05, 3.63) is 88.6 Å². The summed E-state index contributed by atoms with van der Waals surface area (Å²) in [6.45, 7) is 4.77. The number of hydrogen-bond donors (Lipinski definition) is 3. The van der Waals surface area contributed by atoms with Crippen LogP contribution in [0.1, 0.15) is 55.5 Å². The van der Waals surface area contributed by atoms with E-state index in [1.165, 1.54) is 10.7 Å². The highest BCUT2D eigenvalue weighted by atomic mass is 32.2. The van der Waals surface area contributed by atoms with Gasteiger partial charge in [0.1, 0.15) is 11.7 Å². The van der Waals surface area contributed by atoms with E-state index in [-0.39, 0.29) is 60.9 Å². The highest BCUT2D eigenvalue weighted by Crippen LogP contribution is 2.25. The zero-order chi connectivity index (χ0) is 32.6. The van der Waals surface area contributed by atoms with E-state index in [0.29, 0.717) is 35.9 Å². The van der Waals surface area contributed by atoms with Crippen LogP contribution in [0.25, 0.3) is 17.1 Å². The predicted molar refractivity (Wildman–Crippen MR) is 178 cm³/mol. The highest BCUT2D eigenvalue weighted by molar-refractivity contribution is 7.98. The molecule has 1 aliphatic rings. The minimum Gasteiger partial charge on any atom is -0.344 e. The van der Waals surface area contributed by atoms with Crippen molar-refractivity contribution in [3.63, 3.8) is 0 Å². The van der Waals surface area contributed by atoms with Crippen molar-refractivity contribution < 1.29 is 14.4 Å². The number of H-pyrrole nitrogens is 1. The lowest BCUT2D eigenvalue weighted by Crippen LogP contribution is -2.49. The maximum absolute atomic E-state index is 13.9. The molecule has 3 heterocycles. The smallest absolute Gasteiger partial charge is 0.272 e. The highest BCUT2D eigenvalue weighted by Gasteiger charge is 2.30. The number of para-hydroxylation sites is 1. The zero-order valence-electron chi connectivity index (χ0n) is 26.3. The molecule has 0 saturated carbocycles. The third kappa shape index (κ3) is 7.76. The molecule has 0 radical (unpaired) electrons. The average molecular weight is 645 g/mol. The van der Waals surface area contributed by atoms with E-state index in [9.17, 15) is 19.2 Å². The Bertz CT molecular complexity index is 1700. The molecule has 3 amide bonds. The molecule has 0 fully saturated rings. The molecule has 5 rings (SSSR count). The first-order valence-electron chi connectivity index (χ1n) is 15.5. The standard InChI is InChI=1S/C33H40N8O4S/c1-22(2)29-31-36-30(23-11-6-4-7-12-23)38-40(31)19-18-39(17-10-15-27(42)34-25(16-20-46-3)32(44)35-29)33(45)26-21-28(43)41(37-26)24-13-8-5-9-14-24/h4-9,11-14,21-22,25,29,37H,10,15-20H2,1-3H3,(H,34,42)(H,35,44)/t25-,29+/m0/s1. The summed E-state index contributed by atoms with van der Waals surface area (Å²) in [6, 6.07) is 18.7. The van der Waals surface area contributed by atoms with E-state index in [4.69, 9.17) is 10.1 Å². The Morgan fingerprint density at radius 3 is 2.39 bits per heavy atom. The van der Waals surface area contributed by atoms with Gasteiger partial charge >= 0.3 is 0 Å². The van der Waals surface area contributed by atoms with Crippen LogP contribution in [0.15, 0.2) is 71.5 Å². The molecule has 242 valence electrons. The van der Waals surface area contributed by atoms with Gasteiger partial charge in [0.25, 0.3) is 11.5 Å². The van der Waals surface area contributed by atoms with Gasteiger partial charge in [0.15, 0.2) is 11.6 Å². The molecule has 46 heavy (non-hydrogen) atoms. The summed E-state index contributed by atoms with van der Waals surface area (Å²) >= 11 is 1.60. The van der Waals surface area contributed by atoms with Gasteiger partial charge in [0.05, 0.1) is 18.3 Å². The second kappa shape index (κ2) is 15.1. The summed E-state index contributed by atoms with van der Waals surface area (Å²) < 4.78 is 3.09. The average Bonchev–Trinajstić information content (AvgIpc) is 3.67. The Labute approximate surface area is 271 Å². The summed E-state index contributed by atoms with van der Waals surface area (Å²) in [7, 11) is 0. The molecule has 3 N–H and O–H groups in total. The van der Waals surface area contributed by atoms with Gasteiger partial charge in [-0.2, -0.15) is 16.9 Å². The number of aromatic nitrogens is 5. The lowest BCUT2D eigenvalue weighted by Gasteiger charge is -2.27. The Hall–Kier alpha value is -4.65. The zero-order valence-corrected chi connectivity index (χ0v) is 27.1. The molecular weight excluding hydrogens is 604 g/mol. The maximum atomic E-state index is 13.9. The molecule has 2 aromatic carbocycles. The summed E-state index contributed by atoms with van der Waals surface area (Å²) in [5.41, 5.74) is 1.23. The number of fused-ring (bicyclic) bond motifs is 1. The third-order valence-corrected chi connectivity index (χ3v) is 8.55. The predicted octanol–water partition coefficient (Wildman–Crippen LogP) is 3.41.